The summed E-state index contributed by atoms with van der Waals surface area (Å²) in [5.74, 6) is 6.20. The molecule has 1 aliphatic rings. The number of rotatable bonds is 3. The van der Waals surface area contributed by atoms with E-state index in [2.05, 4.69) is 20.7 Å². The van der Waals surface area contributed by atoms with Gasteiger partial charge in [0.2, 0.25) is 5.91 Å². The smallest absolute Gasteiger partial charge is 0.251 e. The quantitative estimate of drug-likeness (QED) is 0.367. The molecule has 1 unspecified atom stereocenters. The van der Waals surface area contributed by atoms with Crippen molar-refractivity contribution in [2.75, 3.05) is 17.8 Å². The van der Waals surface area contributed by atoms with Crippen LogP contribution in [0.3, 0.4) is 0 Å². The SMILES string of the molecule is Cc1nc(NN)cc(NC2CC(=O)N(C)C2=O)n1. The number of hydrazine groups is 1. The number of likely N-dealkylation sites (N-methyl/N-ethyl adjacent to an activating group) is 1. The highest BCUT2D eigenvalue weighted by molar-refractivity contribution is 6.06. The maximum absolute atomic E-state index is 11.7. The fraction of sp³-hybridized carbons (Fsp3) is 0.400. The van der Waals surface area contributed by atoms with Crippen LogP contribution in [0.4, 0.5) is 11.6 Å². The second kappa shape index (κ2) is 4.57. The molecule has 0 spiro atoms. The number of carbonyl (C=O) groups excluding carboxylic acids is 2. The van der Waals surface area contributed by atoms with Crippen LogP contribution in [0.15, 0.2) is 6.07 Å². The summed E-state index contributed by atoms with van der Waals surface area (Å²) >= 11 is 0. The number of hydrogen-bond acceptors (Lipinski definition) is 7. The van der Waals surface area contributed by atoms with Crippen LogP contribution in [0.2, 0.25) is 0 Å². The average molecular weight is 250 g/mol. The van der Waals surface area contributed by atoms with Crippen molar-refractivity contribution in [2.24, 2.45) is 5.84 Å². The first-order valence-corrected chi connectivity index (χ1v) is 5.40. The van der Waals surface area contributed by atoms with Gasteiger partial charge in [-0.05, 0) is 6.92 Å². The number of amides is 2. The molecule has 1 fully saturated rings. The van der Waals surface area contributed by atoms with Crippen LogP contribution in [-0.2, 0) is 9.59 Å². The van der Waals surface area contributed by atoms with Crippen molar-refractivity contribution in [1.82, 2.24) is 14.9 Å². The summed E-state index contributed by atoms with van der Waals surface area (Å²) in [5, 5.41) is 2.91. The Bertz CT molecular complexity index is 503. The lowest BCUT2D eigenvalue weighted by Crippen LogP contribution is -2.32. The van der Waals surface area contributed by atoms with E-state index in [1.54, 1.807) is 13.0 Å². The van der Waals surface area contributed by atoms with E-state index in [1.807, 2.05) is 0 Å². The number of nitrogens with two attached hydrogens (primary N) is 1. The number of carbonyl (C=O) groups is 2. The van der Waals surface area contributed by atoms with E-state index in [-0.39, 0.29) is 18.2 Å². The van der Waals surface area contributed by atoms with Crippen LogP contribution in [0.5, 0.6) is 0 Å². The number of imide groups is 1. The normalized spacial score (nSPS) is 19.3. The summed E-state index contributed by atoms with van der Waals surface area (Å²) in [5.41, 5.74) is 2.41. The number of hydrogen-bond donors (Lipinski definition) is 3. The Balaban J connectivity index is 2.17. The summed E-state index contributed by atoms with van der Waals surface area (Å²) < 4.78 is 0. The van der Waals surface area contributed by atoms with E-state index in [1.165, 1.54) is 7.05 Å². The minimum Gasteiger partial charge on any atom is -0.358 e. The summed E-state index contributed by atoms with van der Waals surface area (Å²) in [4.78, 5) is 32.4. The predicted molar refractivity (Wildman–Crippen MR) is 64.4 cm³/mol. The molecule has 1 aromatic heterocycles. The summed E-state index contributed by atoms with van der Waals surface area (Å²) in [6.07, 6.45) is 0.129. The van der Waals surface area contributed by atoms with Crippen molar-refractivity contribution >= 4 is 23.5 Å². The molecule has 0 aliphatic carbocycles. The Hall–Kier alpha value is -2.22. The van der Waals surface area contributed by atoms with Gasteiger partial charge < -0.3 is 10.7 Å². The van der Waals surface area contributed by atoms with Gasteiger partial charge in [-0.25, -0.2) is 15.8 Å². The average Bonchev–Trinajstić information content (AvgIpc) is 2.56. The summed E-state index contributed by atoms with van der Waals surface area (Å²) in [6.45, 7) is 1.71. The largest absolute Gasteiger partial charge is 0.358 e. The van der Waals surface area contributed by atoms with Crippen LogP contribution in [-0.4, -0.2) is 39.8 Å². The fourth-order valence-electron chi connectivity index (χ4n) is 1.76. The van der Waals surface area contributed by atoms with Crippen molar-refractivity contribution < 1.29 is 9.59 Å². The van der Waals surface area contributed by atoms with Crippen LogP contribution in [0.1, 0.15) is 12.2 Å². The molecule has 18 heavy (non-hydrogen) atoms. The highest BCUT2D eigenvalue weighted by Crippen LogP contribution is 2.17. The lowest BCUT2D eigenvalue weighted by molar-refractivity contribution is -0.136. The van der Waals surface area contributed by atoms with Gasteiger partial charge in [-0.15, -0.1) is 0 Å². The Morgan fingerprint density at radius 1 is 1.39 bits per heavy atom. The highest BCUT2D eigenvalue weighted by Gasteiger charge is 2.36. The molecule has 96 valence electrons. The number of nitrogen functional groups attached to an aromatic ring is 1. The number of aryl methyl sites for hydroxylation is 1. The molecule has 0 aromatic carbocycles. The molecule has 0 bridgehead atoms. The number of likely N-dealkylation sites (tertiary alicyclic amines) is 1. The minimum absolute atomic E-state index is 0.129. The first kappa shape index (κ1) is 12.2. The van der Waals surface area contributed by atoms with Gasteiger partial charge >= 0.3 is 0 Å². The molecule has 1 atom stereocenters. The van der Waals surface area contributed by atoms with E-state index in [0.29, 0.717) is 17.5 Å². The van der Waals surface area contributed by atoms with Crippen molar-refractivity contribution in [2.45, 2.75) is 19.4 Å². The summed E-state index contributed by atoms with van der Waals surface area (Å²) in [6, 6.07) is 0.991. The van der Waals surface area contributed by atoms with E-state index < -0.39 is 6.04 Å². The molecule has 1 saturated heterocycles. The Kier molecular flexibility index (Phi) is 3.11. The molecule has 1 aromatic rings. The molecule has 0 radical (unpaired) electrons. The van der Waals surface area contributed by atoms with Crippen LogP contribution in [0, 0.1) is 6.92 Å². The first-order valence-electron chi connectivity index (χ1n) is 5.40. The zero-order valence-electron chi connectivity index (χ0n) is 10.1. The fourth-order valence-corrected chi connectivity index (χ4v) is 1.76. The molecule has 0 saturated carbocycles. The van der Waals surface area contributed by atoms with Crippen LogP contribution >= 0.6 is 0 Å². The number of anilines is 2. The maximum atomic E-state index is 11.7. The van der Waals surface area contributed by atoms with Crippen molar-refractivity contribution in [3.05, 3.63) is 11.9 Å². The molecule has 4 N–H and O–H groups in total. The van der Waals surface area contributed by atoms with E-state index in [9.17, 15) is 9.59 Å². The molecular weight excluding hydrogens is 236 g/mol. The van der Waals surface area contributed by atoms with Gasteiger partial charge in [0.25, 0.3) is 5.91 Å². The van der Waals surface area contributed by atoms with Gasteiger partial charge in [-0.1, -0.05) is 0 Å². The molecular formula is C10H14N6O2. The number of nitrogens with zero attached hydrogens (tertiary/aromatic N) is 3. The van der Waals surface area contributed by atoms with Gasteiger partial charge in [0.1, 0.15) is 23.5 Å². The zero-order chi connectivity index (χ0) is 13.3. The summed E-state index contributed by atoms with van der Waals surface area (Å²) in [7, 11) is 1.46. The maximum Gasteiger partial charge on any atom is 0.251 e. The first-order chi connectivity index (χ1) is 8.51. The van der Waals surface area contributed by atoms with Gasteiger partial charge in [-0.2, -0.15) is 0 Å². The molecule has 2 amide bonds. The monoisotopic (exact) mass is 250 g/mol. The molecule has 1 aliphatic heterocycles. The zero-order valence-corrected chi connectivity index (χ0v) is 10.1. The molecule has 8 heteroatoms. The third kappa shape index (κ3) is 2.23. The standard InChI is InChI=1S/C10H14N6O2/c1-5-12-7(4-8(13-5)15-11)14-6-3-9(17)16(2)10(6)18/h4,6H,3,11H2,1-2H3,(H2,12,13,14,15). The third-order valence-electron chi connectivity index (χ3n) is 2.69. The molecule has 2 heterocycles. The second-order valence-electron chi connectivity index (χ2n) is 4.02. The van der Waals surface area contributed by atoms with E-state index in [0.717, 1.165) is 4.90 Å². The van der Waals surface area contributed by atoms with Gasteiger partial charge in [0.15, 0.2) is 0 Å². The Morgan fingerprint density at radius 3 is 2.61 bits per heavy atom. The number of aromatic nitrogens is 2. The van der Waals surface area contributed by atoms with Crippen molar-refractivity contribution in [3.8, 4) is 0 Å². The Labute approximate surface area is 104 Å². The van der Waals surface area contributed by atoms with Gasteiger partial charge in [-0.3, -0.25) is 14.5 Å². The third-order valence-corrected chi connectivity index (χ3v) is 2.69. The van der Waals surface area contributed by atoms with Gasteiger partial charge in [0, 0.05) is 13.1 Å². The van der Waals surface area contributed by atoms with E-state index in [4.69, 9.17) is 5.84 Å². The minimum atomic E-state index is -0.581. The highest BCUT2D eigenvalue weighted by atomic mass is 16.2. The topological polar surface area (TPSA) is 113 Å². The lowest BCUT2D eigenvalue weighted by atomic mass is 10.2. The van der Waals surface area contributed by atoms with E-state index >= 15 is 0 Å². The molecule has 2 rings (SSSR count). The number of nitrogens with one attached hydrogen (secondary N) is 2. The van der Waals surface area contributed by atoms with Crippen LogP contribution < -0.4 is 16.6 Å². The van der Waals surface area contributed by atoms with Crippen molar-refractivity contribution in [1.29, 1.82) is 0 Å². The lowest BCUT2D eigenvalue weighted by Gasteiger charge is -2.12. The predicted octanol–water partition coefficient (Wildman–Crippen LogP) is -0.760. The van der Waals surface area contributed by atoms with Gasteiger partial charge in [0.05, 0.1) is 6.42 Å². The second-order valence-corrected chi connectivity index (χ2v) is 4.02. The molecule has 8 nitrogen and oxygen atoms in total. The van der Waals surface area contributed by atoms with Crippen LogP contribution in [0.25, 0.3) is 0 Å². The van der Waals surface area contributed by atoms with Crippen molar-refractivity contribution in [3.63, 3.8) is 0 Å². The Morgan fingerprint density at radius 2 is 2.06 bits per heavy atom.